The number of hydrogen-bond donors (Lipinski definition) is 1. The molecule has 0 saturated heterocycles. The number of carbonyl (C=O) groups excluding carboxylic acids is 1. The lowest BCUT2D eigenvalue weighted by Crippen LogP contribution is -2.14. The van der Waals surface area contributed by atoms with Crippen molar-refractivity contribution in [2.24, 2.45) is 0 Å². The van der Waals surface area contributed by atoms with E-state index in [0.29, 0.717) is 11.4 Å². The van der Waals surface area contributed by atoms with E-state index in [0.717, 1.165) is 23.4 Å². The van der Waals surface area contributed by atoms with Crippen molar-refractivity contribution in [1.29, 1.82) is 0 Å². The Morgan fingerprint density at radius 3 is 2.42 bits per heavy atom. The van der Waals surface area contributed by atoms with Gasteiger partial charge < -0.3 is 9.72 Å². The van der Waals surface area contributed by atoms with Crippen LogP contribution in [0.4, 0.5) is 18.9 Å². The number of halogens is 4. The first-order chi connectivity index (χ1) is 12.1. The van der Waals surface area contributed by atoms with Crippen molar-refractivity contribution in [1.82, 2.24) is 9.38 Å². The van der Waals surface area contributed by atoms with E-state index < -0.39 is 11.7 Å². The summed E-state index contributed by atoms with van der Waals surface area (Å²) < 4.78 is 39.8. The predicted octanol–water partition coefficient (Wildman–Crippen LogP) is 4.80. The van der Waals surface area contributed by atoms with Crippen molar-refractivity contribution in [3.8, 4) is 0 Å². The smallest absolute Gasteiger partial charge is 0.326 e. The summed E-state index contributed by atoms with van der Waals surface area (Å²) in [5.41, 5.74) is 2.31. The van der Waals surface area contributed by atoms with Gasteiger partial charge in [0.25, 0.3) is 0 Å². The zero-order valence-electron chi connectivity index (χ0n) is 14.0. The van der Waals surface area contributed by atoms with Crippen LogP contribution in [0.1, 0.15) is 22.4 Å². The van der Waals surface area contributed by atoms with E-state index >= 15 is 0 Å². The summed E-state index contributed by atoms with van der Waals surface area (Å²) in [5.74, 6) is -0.314. The van der Waals surface area contributed by atoms with Gasteiger partial charge in [-0.15, -0.1) is 0 Å². The molecule has 0 unspecified atom stereocenters. The molecule has 3 aromatic rings. The van der Waals surface area contributed by atoms with Gasteiger partial charge in [-0.25, -0.2) is 4.98 Å². The maximum Gasteiger partial charge on any atom is 0.417 e. The molecule has 1 aromatic carbocycles. The average molecular weight is 382 g/mol. The van der Waals surface area contributed by atoms with Gasteiger partial charge in [0.15, 0.2) is 5.65 Å². The van der Waals surface area contributed by atoms with Gasteiger partial charge in [0.1, 0.15) is 0 Å². The lowest BCUT2D eigenvalue weighted by atomic mass is 10.1. The van der Waals surface area contributed by atoms with E-state index in [1.807, 2.05) is 32.0 Å². The fraction of sp³-hybridized carbons (Fsp3) is 0.222. The first-order valence-electron chi connectivity index (χ1n) is 7.74. The number of nitrogens with one attached hydrogen (secondary N) is 1. The quantitative estimate of drug-likeness (QED) is 0.708. The maximum atomic E-state index is 12.9. The van der Waals surface area contributed by atoms with Crippen molar-refractivity contribution in [2.45, 2.75) is 26.4 Å². The fourth-order valence-corrected chi connectivity index (χ4v) is 3.02. The molecule has 0 radical (unpaired) electrons. The number of fused-ring (bicyclic) bond motifs is 1. The summed E-state index contributed by atoms with van der Waals surface area (Å²) in [7, 11) is 0. The van der Waals surface area contributed by atoms with Crippen LogP contribution in [0.2, 0.25) is 5.02 Å². The zero-order chi connectivity index (χ0) is 19.1. The van der Waals surface area contributed by atoms with Gasteiger partial charge in [0, 0.05) is 18.1 Å². The predicted molar refractivity (Wildman–Crippen MR) is 93.5 cm³/mol. The number of aryl methyl sites for hydroxylation is 2. The molecule has 3 rings (SSSR count). The molecular formula is C18H15ClF3N3O. The van der Waals surface area contributed by atoms with Crippen LogP contribution < -0.4 is 5.32 Å². The molecule has 0 aliphatic carbocycles. The molecule has 0 bridgehead atoms. The number of hydrogen-bond acceptors (Lipinski definition) is 2. The van der Waals surface area contributed by atoms with Crippen LogP contribution >= 0.6 is 11.6 Å². The van der Waals surface area contributed by atoms with Crippen LogP contribution in [-0.4, -0.2) is 15.3 Å². The number of amides is 1. The molecule has 0 aliphatic heterocycles. The van der Waals surface area contributed by atoms with Crippen molar-refractivity contribution in [2.75, 3.05) is 5.32 Å². The first-order valence-corrected chi connectivity index (χ1v) is 8.12. The van der Waals surface area contributed by atoms with Crippen molar-refractivity contribution >= 4 is 28.8 Å². The SMILES string of the molecule is Cc1cc(C)cc(NC(=O)Cc2cn3cc(C(F)(F)F)cc(Cl)c3n2)c1. The number of benzene rings is 1. The van der Waals surface area contributed by atoms with Gasteiger partial charge in [-0.05, 0) is 43.2 Å². The standard InChI is InChI=1S/C18H15ClF3N3O/c1-10-3-11(2)5-13(4-10)23-16(26)7-14-9-25-8-12(18(20,21)22)6-15(19)17(25)24-14/h3-6,8-9H,7H2,1-2H3,(H,23,26). The third-order valence-electron chi connectivity index (χ3n) is 3.73. The molecule has 0 atom stereocenters. The average Bonchev–Trinajstić information content (AvgIpc) is 2.87. The van der Waals surface area contributed by atoms with E-state index in [2.05, 4.69) is 10.3 Å². The van der Waals surface area contributed by atoms with E-state index in [9.17, 15) is 18.0 Å². The molecule has 0 aliphatic rings. The monoisotopic (exact) mass is 381 g/mol. The first kappa shape index (κ1) is 18.3. The number of alkyl halides is 3. The lowest BCUT2D eigenvalue weighted by molar-refractivity contribution is -0.137. The Morgan fingerprint density at radius 2 is 1.81 bits per heavy atom. The van der Waals surface area contributed by atoms with Crippen LogP contribution in [0.15, 0.2) is 36.7 Å². The number of rotatable bonds is 3. The third-order valence-corrected chi connectivity index (χ3v) is 4.01. The van der Waals surface area contributed by atoms with Crippen LogP contribution in [0.25, 0.3) is 5.65 Å². The Balaban J connectivity index is 1.82. The summed E-state index contributed by atoms with van der Waals surface area (Å²) in [6.07, 6.45) is -2.31. The van der Waals surface area contributed by atoms with Crippen LogP contribution in [-0.2, 0) is 17.4 Å². The van der Waals surface area contributed by atoms with Gasteiger partial charge in [-0.1, -0.05) is 17.7 Å². The lowest BCUT2D eigenvalue weighted by Gasteiger charge is -2.07. The Morgan fingerprint density at radius 1 is 1.15 bits per heavy atom. The molecule has 136 valence electrons. The molecule has 0 spiro atoms. The Bertz CT molecular complexity index is 975. The van der Waals surface area contributed by atoms with Gasteiger partial charge in [0.05, 0.1) is 22.7 Å². The molecule has 2 heterocycles. The van der Waals surface area contributed by atoms with Gasteiger partial charge in [-0.3, -0.25) is 4.79 Å². The normalized spacial score (nSPS) is 11.8. The second-order valence-electron chi connectivity index (χ2n) is 6.14. The molecule has 26 heavy (non-hydrogen) atoms. The van der Waals surface area contributed by atoms with Crippen molar-refractivity contribution in [3.05, 3.63) is 64.1 Å². The highest BCUT2D eigenvalue weighted by atomic mass is 35.5. The molecule has 4 nitrogen and oxygen atoms in total. The second-order valence-corrected chi connectivity index (χ2v) is 6.55. The molecular weight excluding hydrogens is 367 g/mol. The number of imidazole rings is 1. The number of carbonyl (C=O) groups is 1. The molecule has 8 heteroatoms. The van der Waals surface area contributed by atoms with E-state index in [-0.39, 0.29) is 23.0 Å². The maximum absolute atomic E-state index is 12.9. The van der Waals surface area contributed by atoms with Crippen LogP contribution in [0.3, 0.4) is 0 Å². The highest BCUT2D eigenvalue weighted by Gasteiger charge is 2.32. The van der Waals surface area contributed by atoms with E-state index in [1.165, 1.54) is 10.6 Å². The van der Waals surface area contributed by atoms with Crippen molar-refractivity contribution < 1.29 is 18.0 Å². The van der Waals surface area contributed by atoms with Crippen LogP contribution in [0, 0.1) is 13.8 Å². The zero-order valence-corrected chi connectivity index (χ0v) is 14.7. The third kappa shape index (κ3) is 3.99. The topological polar surface area (TPSA) is 46.4 Å². The van der Waals surface area contributed by atoms with Gasteiger partial charge in [-0.2, -0.15) is 13.2 Å². The molecule has 2 aromatic heterocycles. The van der Waals surface area contributed by atoms with E-state index in [4.69, 9.17) is 11.6 Å². The molecule has 1 amide bonds. The molecule has 0 fully saturated rings. The molecule has 1 N–H and O–H groups in total. The van der Waals surface area contributed by atoms with Gasteiger partial charge in [0.2, 0.25) is 5.91 Å². The minimum Gasteiger partial charge on any atom is -0.326 e. The summed E-state index contributed by atoms with van der Waals surface area (Å²) in [4.78, 5) is 16.4. The van der Waals surface area contributed by atoms with Gasteiger partial charge >= 0.3 is 6.18 Å². The summed E-state index contributed by atoms with van der Waals surface area (Å²) in [6.45, 7) is 3.84. The number of nitrogens with zero attached hydrogens (tertiary/aromatic N) is 2. The van der Waals surface area contributed by atoms with Crippen LogP contribution in [0.5, 0.6) is 0 Å². The number of aromatic nitrogens is 2. The highest BCUT2D eigenvalue weighted by Crippen LogP contribution is 2.32. The Hall–Kier alpha value is -2.54. The fourth-order valence-electron chi connectivity index (χ4n) is 2.76. The van der Waals surface area contributed by atoms with E-state index in [1.54, 1.807) is 0 Å². The second kappa shape index (κ2) is 6.64. The highest BCUT2D eigenvalue weighted by molar-refractivity contribution is 6.33. The van der Waals surface area contributed by atoms with Crippen molar-refractivity contribution in [3.63, 3.8) is 0 Å². The summed E-state index contributed by atoms with van der Waals surface area (Å²) in [6, 6.07) is 6.48. The molecule has 0 saturated carbocycles. The number of anilines is 1. The summed E-state index contributed by atoms with van der Waals surface area (Å²) in [5, 5.41) is 2.64. The minimum absolute atomic E-state index is 0.0770. The number of pyridine rings is 1. The Labute approximate surface area is 152 Å². The minimum atomic E-state index is -4.51. The summed E-state index contributed by atoms with van der Waals surface area (Å²) >= 11 is 5.90. The Kier molecular flexibility index (Phi) is 4.66. The largest absolute Gasteiger partial charge is 0.417 e.